The van der Waals surface area contributed by atoms with Gasteiger partial charge in [-0.05, 0) is 11.4 Å². The summed E-state index contributed by atoms with van der Waals surface area (Å²) in [7, 11) is 2.96. The Morgan fingerprint density at radius 2 is 1.81 bits per heavy atom. The molecule has 0 radical (unpaired) electrons. The molecule has 0 aliphatic carbocycles. The first-order valence-corrected chi connectivity index (χ1v) is 11.3. The number of rotatable bonds is 7. The summed E-state index contributed by atoms with van der Waals surface area (Å²) >= 11 is 3.09. The van der Waals surface area contributed by atoms with Gasteiger partial charge in [0, 0.05) is 33.9 Å². The van der Waals surface area contributed by atoms with Gasteiger partial charge < -0.3 is 19.5 Å². The lowest BCUT2D eigenvalue weighted by Gasteiger charge is -2.20. The van der Waals surface area contributed by atoms with E-state index in [-0.39, 0.29) is 18.1 Å². The molecule has 1 amide bonds. The Labute approximate surface area is 189 Å². The Morgan fingerprint density at radius 3 is 2.42 bits per heavy atom. The van der Waals surface area contributed by atoms with Crippen LogP contribution in [0.3, 0.4) is 0 Å². The highest BCUT2D eigenvalue weighted by atomic mass is 32.1. The van der Waals surface area contributed by atoms with Gasteiger partial charge >= 0.3 is 5.97 Å². The molecular weight excluding hydrogens is 436 g/mol. The number of carbonyl (C=O) groups excluding carboxylic acids is 2. The zero-order valence-corrected chi connectivity index (χ0v) is 19.6. The van der Waals surface area contributed by atoms with E-state index in [1.54, 1.807) is 38.2 Å². The summed E-state index contributed by atoms with van der Waals surface area (Å²) in [5, 5.41) is 9.52. The number of carbonyl (C=O) groups is 2. The lowest BCUT2D eigenvalue weighted by molar-refractivity contribution is -0.123. The number of hydrogen-bond donors (Lipinski definition) is 1. The minimum atomic E-state index is -0.646. The number of benzene rings is 1. The third-order valence-corrected chi connectivity index (χ3v) is 5.97. The molecule has 3 aromatic rings. The van der Waals surface area contributed by atoms with Crippen molar-refractivity contribution < 1.29 is 23.8 Å². The van der Waals surface area contributed by atoms with Crippen molar-refractivity contribution >= 4 is 40.2 Å². The standard InChI is InChI=1S/C22H24N2O5S2/c1-22(2,3)21(26)24-16-9-18(28-5)17(27-4)8-15(16)20(25)29-10-14-12-31-19(23-14)13-6-7-30-11-13/h6-9,11-12H,10H2,1-5H3,(H,24,26). The number of thiazole rings is 1. The minimum Gasteiger partial charge on any atom is -0.493 e. The first kappa shape index (κ1) is 22.8. The Hall–Kier alpha value is -2.91. The molecule has 2 aromatic heterocycles. The second-order valence-electron chi connectivity index (χ2n) is 7.69. The number of anilines is 1. The van der Waals surface area contributed by atoms with E-state index in [2.05, 4.69) is 10.3 Å². The molecule has 2 heterocycles. The van der Waals surface area contributed by atoms with Crippen LogP contribution in [0, 0.1) is 5.41 Å². The summed E-state index contributed by atoms with van der Waals surface area (Å²) in [5.74, 6) is -0.0938. The molecule has 0 bridgehead atoms. The van der Waals surface area contributed by atoms with Gasteiger partial charge in [-0.3, -0.25) is 4.79 Å². The van der Waals surface area contributed by atoms with Crippen molar-refractivity contribution in [2.75, 3.05) is 19.5 Å². The summed E-state index contributed by atoms with van der Waals surface area (Å²) in [6.07, 6.45) is 0. The summed E-state index contributed by atoms with van der Waals surface area (Å²) < 4.78 is 16.1. The predicted octanol–water partition coefficient (Wildman–Crippen LogP) is 5.23. The SMILES string of the molecule is COc1cc(NC(=O)C(C)(C)C)c(C(=O)OCc2csc(-c3ccsc3)n2)cc1OC. The highest BCUT2D eigenvalue weighted by Crippen LogP contribution is 2.35. The van der Waals surface area contributed by atoms with Crippen LogP contribution in [0.15, 0.2) is 34.3 Å². The first-order chi connectivity index (χ1) is 14.7. The molecule has 9 heteroatoms. The number of thiophene rings is 1. The zero-order chi connectivity index (χ0) is 22.6. The predicted molar refractivity (Wildman–Crippen MR) is 122 cm³/mol. The lowest BCUT2D eigenvalue weighted by atomic mass is 9.95. The molecule has 0 unspecified atom stereocenters. The number of nitrogens with zero attached hydrogens (tertiary/aromatic N) is 1. The number of ether oxygens (including phenoxy) is 3. The monoisotopic (exact) mass is 460 g/mol. The average molecular weight is 461 g/mol. The molecule has 0 aliphatic rings. The Balaban J connectivity index is 1.82. The topological polar surface area (TPSA) is 86.8 Å². The van der Waals surface area contributed by atoms with Crippen molar-refractivity contribution in [2.45, 2.75) is 27.4 Å². The van der Waals surface area contributed by atoms with Crippen LogP contribution in [0.25, 0.3) is 10.6 Å². The van der Waals surface area contributed by atoms with Gasteiger partial charge in [-0.1, -0.05) is 20.8 Å². The van der Waals surface area contributed by atoms with E-state index >= 15 is 0 Å². The second-order valence-corrected chi connectivity index (χ2v) is 9.33. The Morgan fingerprint density at radius 1 is 1.10 bits per heavy atom. The molecule has 164 valence electrons. The smallest absolute Gasteiger partial charge is 0.340 e. The quantitative estimate of drug-likeness (QED) is 0.486. The average Bonchev–Trinajstić information content (AvgIpc) is 3.42. The Bertz CT molecular complexity index is 1070. The van der Waals surface area contributed by atoms with Gasteiger partial charge in [-0.15, -0.1) is 11.3 Å². The van der Waals surface area contributed by atoms with Gasteiger partial charge in [0.15, 0.2) is 11.5 Å². The van der Waals surface area contributed by atoms with Crippen LogP contribution in [0.2, 0.25) is 0 Å². The highest BCUT2D eigenvalue weighted by molar-refractivity contribution is 7.14. The van der Waals surface area contributed by atoms with E-state index in [1.807, 2.05) is 22.2 Å². The molecule has 0 saturated carbocycles. The molecule has 1 aromatic carbocycles. The third kappa shape index (κ3) is 5.42. The Kier molecular flexibility index (Phi) is 6.97. The maximum atomic E-state index is 12.9. The zero-order valence-electron chi connectivity index (χ0n) is 18.0. The summed E-state index contributed by atoms with van der Waals surface area (Å²) in [4.78, 5) is 29.9. The van der Waals surface area contributed by atoms with Gasteiger partial charge in [0.2, 0.25) is 5.91 Å². The maximum Gasteiger partial charge on any atom is 0.340 e. The van der Waals surface area contributed by atoms with E-state index in [9.17, 15) is 9.59 Å². The van der Waals surface area contributed by atoms with E-state index in [0.717, 1.165) is 10.6 Å². The fourth-order valence-corrected chi connectivity index (χ4v) is 4.09. The molecule has 0 spiro atoms. The van der Waals surface area contributed by atoms with Crippen LogP contribution in [-0.4, -0.2) is 31.1 Å². The van der Waals surface area contributed by atoms with Gasteiger partial charge in [-0.25, -0.2) is 9.78 Å². The van der Waals surface area contributed by atoms with E-state index < -0.39 is 11.4 Å². The van der Waals surface area contributed by atoms with Crippen molar-refractivity contribution in [3.8, 4) is 22.1 Å². The van der Waals surface area contributed by atoms with Crippen LogP contribution >= 0.6 is 22.7 Å². The number of hydrogen-bond acceptors (Lipinski definition) is 8. The number of methoxy groups -OCH3 is 2. The van der Waals surface area contributed by atoms with Gasteiger partial charge in [0.25, 0.3) is 0 Å². The molecule has 0 saturated heterocycles. The fourth-order valence-electron chi connectivity index (χ4n) is 2.57. The van der Waals surface area contributed by atoms with Crippen LogP contribution in [0.4, 0.5) is 5.69 Å². The molecule has 31 heavy (non-hydrogen) atoms. The fraction of sp³-hybridized carbons (Fsp3) is 0.318. The molecule has 0 atom stereocenters. The van der Waals surface area contributed by atoms with Gasteiger partial charge in [-0.2, -0.15) is 11.3 Å². The maximum absolute atomic E-state index is 12.9. The van der Waals surface area contributed by atoms with Crippen molar-refractivity contribution in [3.63, 3.8) is 0 Å². The first-order valence-electron chi connectivity index (χ1n) is 9.44. The number of amides is 1. The van der Waals surface area contributed by atoms with Crippen molar-refractivity contribution in [1.82, 2.24) is 4.98 Å². The van der Waals surface area contributed by atoms with Crippen molar-refractivity contribution in [2.24, 2.45) is 5.41 Å². The van der Waals surface area contributed by atoms with E-state index in [0.29, 0.717) is 22.9 Å². The molecular formula is C22H24N2O5S2. The number of esters is 1. The normalized spacial score (nSPS) is 11.1. The molecule has 3 rings (SSSR count). The molecule has 7 nitrogen and oxygen atoms in total. The van der Waals surface area contributed by atoms with Crippen molar-refractivity contribution in [1.29, 1.82) is 0 Å². The molecule has 0 aliphatic heterocycles. The largest absolute Gasteiger partial charge is 0.493 e. The summed E-state index contributed by atoms with van der Waals surface area (Å²) in [6, 6.07) is 5.04. The second kappa shape index (κ2) is 9.49. The molecule has 0 fully saturated rings. The van der Waals surface area contributed by atoms with E-state index in [1.165, 1.54) is 31.6 Å². The van der Waals surface area contributed by atoms with Crippen LogP contribution in [0.1, 0.15) is 36.8 Å². The van der Waals surface area contributed by atoms with Crippen LogP contribution in [-0.2, 0) is 16.1 Å². The highest BCUT2D eigenvalue weighted by Gasteiger charge is 2.25. The summed E-state index contributed by atoms with van der Waals surface area (Å²) in [6.45, 7) is 5.37. The minimum absolute atomic E-state index is 0.0144. The lowest BCUT2D eigenvalue weighted by Crippen LogP contribution is -2.28. The van der Waals surface area contributed by atoms with Crippen LogP contribution < -0.4 is 14.8 Å². The van der Waals surface area contributed by atoms with E-state index in [4.69, 9.17) is 14.2 Å². The van der Waals surface area contributed by atoms with Gasteiger partial charge in [0.1, 0.15) is 11.6 Å². The molecule has 1 N–H and O–H groups in total. The van der Waals surface area contributed by atoms with Crippen molar-refractivity contribution in [3.05, 3.63) is 45.6 Å². The van der Waals surface area contributed by atoms with Gasteiger partial charge in [0.05, 0.1) is 31.2 Å². The van der Waals surface area contributed by atoms with Crippen LogP contribution in [0.5, 0.6) is 11.5 Å². The number of nitrogens with one attached hydrogen (secondary N) is 1. The summed E-state index contributed by atoms with van der Waals surface area (Å²) in [5.41, 5.74) is 1.51. The third-order valence-electron chi connectivity index (χ3n) is 4.34. The number of aromatic nitrogens is 1.